The summed E-state index contributed by atoms with van der Waals surface area (Å²) in [5, 5.41) is 3.02. The third-order valence-corrected chi connectivity index (χ3v) is 3.18. The Labute approximate surface area is 118 Å². The highest BCUT2D eigenvalue weighted by Gasteiger charge is 2.17. The van der Waals surface area contributed by atoms with Gasteiger partial charge in [-0.05, 0) is 19.1 Å². The SMILES string of the molecule is CCc1nc(NC)c(C)c(-c2cccc(OC)c2F)n1. The number of anilines is 1. The maximum atomic E-state index is 14.4. The van der Waals surface area contributed by atoms with Crippen LogP contribution in [0.1, 0.15) is 18.3 Å². The van der Waals surface area contributed by atoms with Gasteiger partial charge in [-0.15, -0.1) is 0 Å². The second kappa shape index (κ2) is 5.86. The van der Waals surface area contributed by atoms with Gasteiger partial charge in [0.1, 0.15) is 11.6 Å². The number of nitrogens with one attached hydrogen (secondary N) is 1. The molecule has 0 aliphatic heterocycles. The molecule has 0 saturated carbocycles. The summed E-state index contributed by atoms with van der Waals surface area (Å²) >= 11 is 0. The van der Waals surface area contributed by atoms with Crippen molar-refractivity contribution in [1.29, 1.82) is 0 Å². The molecular weight excluding hydrogens is 257 g/mol. The quantitative estimate of drug-likeness (QED) is 0.930. The lowest BCUT2D eigenvalue weighted by Crippen LogP contribution is -2.05. The van der Waals surface area contributed by atoms with Crippen molar-refractivity contribution in [1.82, 2.24) is 9.97 Å². The van der Waals surface area contributed by atoms with E-state index in [0.29, 0.717) is 29.3 Å². The number of methoxy groups -OCH3 is 1. The summed E-state index contributed by atoms with van der Waals surface area (Å²) in [5.41, 5.74) is 1.84. The number of hydrogen-bond donors (Lipinski definition) is 1. The molecule has 106 valence electrons. The molecule has 5 heteroatoms. The molecule has 1 aromatic heterocycles. The van der Waals surface area contributed by atoms with Gasteiger partial charge in [0, 0.05) is 24.6 Å². The Kier molecular flexibility index (Phi) is 4.17. The molecule has 1 aromatic carbocycles. The lowest BCUT2D eigenvalue weighted by atomic mass is 10.1. The van der Waals surface area contributed by atoms with Crippen LogP contribution in [0.5, 0.6) is 5.75 Å². The van der Waals surface area contributed by atoms with Gasteiger partial charge in [0.15, 0.2) is 11.6 Å². The van der Waals surface area contributed by atoms with Gasteiger partial charge in [-0.25, -0.2) is 14.4 Å². The number of benzene rings is 1. The van der Waals surface area contributed by atoms with Crippen LogP contribution in [0, 0.1) is 12.7 Å². The first kappa shape index (κ1) is 14.2. The van der Waals surface area contributed by atoms with Crippen LogP contribution in [0.15, 0.2) is 18.2 Å². The van der Waals surface area contributed by atoms with Crippen molar-refractivity contribution in [2.45, 2.75) is 20.3 Å². The summed E-state index contributed by atoms with van der Waals surface area (Å²) in [5.74, 6) is 1.21. The Hall–Kier alpha value is -2.17. The van der Waals surface area contributed by atoms with E-state index in [0.717, 1.165) is 5.56 Å². The molecule has 4 nitrogen and oxygen atoms in total. The van der Waals surface area contributed by atoms with E-state index in [4.69, 9.17) is 4.74 Å². The maximum absolute atomic E-state index is 14.4. The average molecular weight is 275 g/mol. The summed E-state index contributed by atoms with van der Waals surface area (Å²) in [4.78, 5) is 8.85. The van der Waals surface area contributed by atoms with E-state index in [9.17, 15) is 4.39 Å². The van der Waals surface area contributed by atoms with Gasteiger partial charge < -0.3 is 10.1 Å². The minimum absolute atomic E-state index is 0.213. The largest absolute Gasteiger partial charge is 0.494 e. The Balaban J connectivity index is 2.69. The van der Waals surface area contributed by atoms with Crippen LogP contribution in [-0.4, -0.2) is 24.1 Å². The fourth-order valence-corrected chi connectivity index (χ4v) is 2.08. The summed E-state index contributed by atoms with van der Waals surface area (Å²) in [7, 11) is 3.24. The standard InChI is InChI=1S/C15H18FN3O/c1-5-12-18-14(9(2)15(17-3)19-12)10-7-6-8-11(20-4)13(10)16/h6-8H,5H2,1-4H3,(H,17,18,19). The lowest BCUT2D eigenvalue weighted by molar-refractivity contribution is 0.387. The Morgan fingerprint density at radius 3 is 2.65 bits per heavy atom. The number of aromatic nitrogens is 2. The second-order valence-electron chi connectivity index (χ2n) is 4.39. The van der Waals surface area contributed by atoms with Gasteiger partial charge in [-0.2, -0.15) is 0 Å². The molecule has 1 N–H and O–H groups in total. The highest BCUT2D eigenvalue weighted by molar-refractivity contribution is 5.70. The molecule has 0 unspecified atom stereocenters. The van der Waals surface area contributed by atoms with Crippen LogP contribution >= 0.6 is 0 Å². The normalized spacial score (nSPS) is 10.4. The third-order valence-electron chi connectivity index (χ3n) is 3.18. The van der Waals surface area contributed by atoms with Crippen LogP contribution < -0.4 is 10.1 Å². The fourth-order valence-electron chi connectivity index (χ4n) is 2.08. The molecule has 2 rings (SSSR count). The minimum Gasteiger partial charge on any atom is -0.494 e. The van der Waals surface area contributed by atoms with Crippen LogP contribution in [0.2, 0.25) is 0 Å². The average Bonchev–Trinajstić information content (AvgIpc) is 2.48. The molecule has 0 fully saturated rings. The van der Waals surface area contributed by atoms with Crippen LogP contribution in [0.25, 0.3) is 11.3 Å². The van der Waals surface area contributed by atoms with E-state index < -0.39 is 5.82 Å². The van der Waals surface area contributed by atoms with E-state index in [1.807, 2.05) is 13.8 Å². The summed E-state index contributed by atoms with van der Waals surface area (Å²) < 4.78 is 19.4. The van der Waals surface area contributed by atoms with Gasteiger partial charge in [-0.1, -0.05) is 13.0 Å². The zero-order valence-corrected chi connectivity index (χ0v) is 12.1. The molecule has 20 heavy (non-hydrogen) atoms. The summed E-state index contributed by atoms with van der Waals surface area (Å²) in [6.07, 6.45) is 0.688. The number of aryl methyl sites for hydroxylation is 1. The molecule has 0 atom stereocenters. The molecule has 0 saturated heterocycles. The highest BCUT2D eigenvalue weighted by Crippen LogP contribution is 2.31. The predicted molar refractivity (Wildman–Crippen MR) is 77.6 cm³/mol. The highest BCUT2D eigenvalue weighted by atomic mass is 19.1. The number of hydrogen-bond acceptors (Lipinski definition) is 4. The van der Waals surface area contributed by atoms with Crippen LogP contribution in [0.3, 0.4) is 0 Å². The minimum atomic E-state index is -0.402. The van der Waals surface area contributed by atoms with Gasteiger partial charge in [0.25, 0.3) is 0 Å². The van der Waals surface area contributed by atoms with E-state index in [-0.39, 0.29) is 5.75 Å². The molecule has 2 aromatic rings. The molecule has 0 aliphatic rings. The molecule has 0 spiro atoms. The Bertz CT molecular complexity index is 629. The third kappa shape index (κ3) is 2.43. The maximum Gasteiger partial charge on any atom is 0.174 e. The van der Waals surface area contributed by atoms with Crippen molar-refractivity contribution in [3.05, 3.63) is 35.4 Å². The van der Waals surface area contributed by atoms with E-state index in [2.05, 4.69) is 15.3 Å². The monoisotopic (exact) mass is 275 g/mol. The van der Waals surface area contributed by atoms with Gasteiger partial charge >= 0.3 is 0 Å². The molecule has 1 heterocycles. The summed E-state index contributed by atoms with van der Waals surface area (Å²) in [6.45, 7) is 3.84. The zero-order valence-electron chi connectivity index (χ0n) is 12.1. The zero-order chi connectivity index (χ0) is 14.7. The topological polar surface area (TPSA) is 47.0 Å². The van der Waals surface area contributed by atoms with E-state index >= 15 is 0 Å². The second-order valence-corrected chi connectivity index (χ2v) is 4.39. The van der Waals surface area contributed by atoms with Crippen molar-refractivity contribution in [3.63, 3.8) is 0 Å². The number of nitrogens with zero attached hydrogens (tertiary/aromatic N) is 2. The molecule has 0 radical (unpaired) electrons. The fraction of sp³-hybridized carbons (Fsp3) is 0.333. The van der Waals surface area contributed by atoms with Gasteiger partial charge in [-0.3, -0.25) is 0 Å². The van der Waals surface area contributed by atoms with Crippen molar-refractivity contribution < 1.29 is 9.13 Å². The Morgan fingerprint density at radius 2 is 2.05 bits per heavy atom. The lowest BCUT2D eigenvalue weighted by Gasteiger charge is -2.13. The van der Waals surface area contributed by atoms with E-state index in [1.54, 1.807) is 25.2 Å². The molecular formula is C15H18FN3O. The van der Waals surface area contributed by atoms with Crippen LogP contribution in [0.4, 0.5) is 10.2 Å². The van der Waals surface area contributed by atoms with Crippen molar-refractivity contribution in [3.8, 4) is 17.0 Å². The molecule has 0 bridgehead atoms. The number of halogens is 1. The Morgan fingerprint density at radius 1 is 1.30 bits per heavy atom. The van der Waals surface area contributed by atoms with Crippen molar-refractivity contribution in [2.75, 3.05) is 19.5 Å². The van der Waals surface area contributed by atoms with Gasteiger partial charge in [0.2, 0.25) is 0 Å². The first-order valence-corrected chi connectivity index (χ1v) is 6.50. The van der Waals surface area contributed by atoms with Crippen LogP contribution in [-0.2, 0) is 6.42 Å². The summed E-state index contributed by atoms with van der Waals surface area (Å²) in [6, 6.07) is 5.05. The van der Waals surface area contributed by atoms with Gasteiger partial charge in [0.05, 0.1) is 12.8 Å². The van der Waals surface area contributed by atoms with Crippen molar-refractivity contribution in [2.24, 2.45) is 0 Å². The number of ether oxygens (including phenoxy) is 1. The first-order chi connectivity index (χ1) is 9.62. The van der Waals surface area contributed by atoms with Crippen molar-refractivity contribution >= 4 is 5.82 Å². The smallest absolute Gasteiger partial charge is 0.174 e. The molecule has 0 amide bonds. The van der Waals surface area contributed by atoms with E-state index in [1.165, 1.54) is 7.11 Å². The first-order valence-electron chi connectivity index (χ1n) is 6.50. The number of rotatable bonds is 4. The predicted octanol–water partition coefficient (Wildman–Crippen LogP) is 3.20. The molecule has 0 aliphatic carbocycles.